The highest BCUT2D eigenvalue weighted by molar-refractivity contribution is 5.48. The van der Waals surface area contributed by atoms with Crippen molar-refractivity contribution >= 4 is 0 Å². The average Bonchev–Trinajstić information content (AvgIpc) is 2.85. The molecule has 0 saturated carbocycles. The molecule has 0 aliphatic carbocycles. The Bertz CT molecular complexity index is 465. The van der Waals surface area contributed by atoms with E-state index >= 15 is 0 Å². The van der Waals surface area contributed by atoms with Crippen molar-refractivity contribution < 1.29 is 4.74 Å². The van der Waals surface area contributed by atoms with Crippen molar-refractivity contribution in [1.29, 1.82) is 0 Å². The standard InChI is InChI=1S/C11H15N5O/c1-3-12-6-8-7-13-11(14-8)9-4-5-10(17-2)16-15-9/h4-5,7,12H,3,6H2,1-2H3,(H,13,14). The molecule has 2 rings (SSSR count). The molecule has 0 aromatic carbocycles. The van der Waals surface area contributed by atoms with Crippen LogP contribution in [0.25, 0.3) is 11.5 Å². The van der Waals surface area contributed by atoms with Crippen molar-refractivity contribution in [2.45, 2.75) is 13.5 Å². The van der Waals surface area contributed by atoms with Crippen molar-refractivity contribution in [2.24, 2.45) is 0 Å². The predicted molar refractivity (Wildman–Crippen MR) is 63.5 cm³/mol. The van der Waals surface area contributed by atoms with Crippen LogP contribution in [0.5, 0.6) is 5.88 Å². The monoisotopic (exact) mass is 233 g/mol. The summed E-state index contributed by atoms with van der Waals surface area (Å²) >= 11 is 0. The number of rotatable bonds is 5. The molecule has 0 atom stereocenters. The van der Waals surface area contributed by atoms with E-state index in [0.29, 0.717) is 17.4 Å². The molecule has 0 unspecified atom stereocenters. The number of aromatic amines is 1. The van der Waals surface area contributed by atoms with Gasteiger partial charge >= 0.3 is 0 Å². The lowest BCUT2D eigenvalue weighted by atomic mass is 10.4. The normalized spacial score (nSPS) is 10.5. The van der Waals surface area contributed by atoms with E-state index in [1.165, 1.54) is 0 Å². The van der Waals surface area contributed by atoms with Gasteiger partial charge in [0, 0.05) is 18.3 Å². The maximum atomic E-state index is 4.95. The molecule has 2 heterocycles. The Morgan fingerprint density at radius 1 is 1.35 bits per heavy atom. The molecule has 2 aromatic rings. The van der Waals surface area contributed by atoms with Gasteiger partial charge < -0.3 is 15.0 Å². The highest BCUT2D eigenvalue weighted by Crippen LogP contribution is 2.14. The zero-order valence-corrected chi connectivity index (χ0v) is 9.90. The first kappa shape index (κ1) is 11.5. The van der Waals surface area contributed by atoms with Gasteiger partial charge in [-0.15, -0.1) is 10.2 Å². The van der Waals surface area contributed by atoms with Crippen LogP contribution in [0.3, 0.4) is 0 Å². The Morgan fingerprint density at radius 2 is 2.24 bits per heavy atom. The van der Waals surface area contributed by atoms with Crippen LogP contribution < -0.4 is 10.1 Å². The molecule has 6 nitrogen and oxygen atoms in total. The number of hydrogen-bond donors (Lipinski definition) is 2. The molecule has 6 heteroatoms. The van der Waals surface area contributed by atoms with Gasteiger partial charge in [0.05, 0.1) is 13.3 Å². The van der Waals surface area contributed by atoms with E-state index in [2.05, 4.69) is 32.4 Å². The Labute approximate surface area is 99.4 Å². The van der Waals surface area contributed by atoms with Crippen LogP contribution in [-0.2, 0) is 6.54 Å². The molecule has 0 fully saturated rings. The molecular formula is C11H15N5O. The SMILES string of the molecule is CCNCc1cnc(-c2ccc(OC)nn2)[nH]1. The molecular weight excluding hydrogens is 218 g/mol. The summed E-state index contributed by atoms with van der Waals surface area (Å²) in [6.07, 6.45) is 1.80. The molecule has 0 amide bonds. The van der Waals surface area contributed by atoms with Crippen LogP contribution in [0, 0.1) is 0 Å². The van der Waals surface area contributed by atoms with Crippen molar-refractivity contribution in [2.75, 3.05) is 13.7 Å². The van der Waals surface area contributed by atoms with Crippen LogP contribution in [0.2, 0.25) is 0 Å². The first-order valence-corrected chi connectivity index (χ1v) is 5.46. The molecule has 0 spiro atoms. The van der Waals surface area contributed by atoms with Gasteiger partial charge in [-0.25, -0.2) is 4.98 Å². The van der Waals surface area contributed by atoms with E-state index in [1.807, 2.05) is 6.07 Å². The second-order valence-corrected chi connectivity index (χ2v) is 3.50. The van der Waals surface area contributed by atoms with Gasteiger partial charge in [0.15, 0.2) is 5.82 Å². The van der Waals surface area contributed by atoms with Crippen molar-refractivity contribution in [3.63, 3.8) is 0 Å². The minimum Gasteiger partial charge on any atom is -0.480 e. The number of nitrogens with one attached hydrogen (secondary N) is 2. The Kier molecular flexibility index (Phi) is 3.66. The summed E-state index contributed by atoms with van der Waals surface area (Å²) < 4.78 is 4.95. The number of H-pyrrole nitrogens is 1. The topological polar surface area (TPSA) is 75.7 Å². The third-order valence-corrected chi connectivity index (χ3v) is 2.29. The van der Waals surface area contributed by atoms with E-state index in [1.54, 1.807) is 19.4 Å². The van der Waals surface area contributed by atoms with E-state index in [4.69, 9.17) is 4.74 Å². The summed E-state index contributed by atoms with van der Waals surface area (Å²) in [5, 5.41) is 11.1. The Morgan fingerprint density at radius 3 is 2.88 bits per heavy atom. The fourth-order valence-electron chi connectivity index (χ4n) is 1.39. The molecule has 2 aromatic heterocycles. The summed E-state index contributed by atoms with van der Waals surface area (Å²) in [6.45, 7) is 3.76. The maximum absolute atomic E-state index is 4.95. The summed E-state index contributed by atoms with van der Waals surface area (Å²) in [5.74, 6) is 1.21. The lowest BCUT2D eigenvalue weighted by molar-refractivity contribution is 0.392. The second kappa shape index (κ2) is 5.40. The van der Waals surface area contributed by atoms with Crippen LogP contribution >= 0.6 is 0 Å². The fourth-order valence-corrected chi connectivity index (χ4v) is 1.39. The predicted octanol–water partition coefficient (Wildman–Crippen LogP) is 0.985. The van der Waals surface area contributed by atoms with Crippen LogP contribution in [-0.4, -0.2) is 33.8 Å². The van der Waals surface area contributed by atoms with E-state index in [9.17, 15) is 0 Å². The van der Waals surface area contributed by atoms with Crippen LogP contribution in [0.1, 0.15) is 12.6 Å². The lowest BCUT2D eigenvalue weighted by Crippen LogP contribution is -2.11. The first-order chi connectivity index (χ1) is 8.33. The minimum atomic E-state index is 0.494. The third kappa shape index (κ3) is 2.79. The van der Waals surface area contributed by atoms with Gasteiger partial charge in [-0.1, -0.05) is 6.92 Å². The Hall–Kier alpha value is -1.95. The number of nitrogens with zero attached hydrogens (tertiary/aromatic N) is 3. The number of hydrogen-bond acceptors (Lipinski definition) is 5. The smallest absolute Gasteiger partial charge is 0.233 e. The van der Waals surface area contributed by atoms with Gasteiger partial charge in [-0.3, -0.25) is 0 Å². The number of ether oxygens (including phenoxy) is 1. The number of methoxy groups -OCH3 is 1. The maximum Gasteiger partial charge on any atom is 0.233 e. The van der Waals surface area contributed by atoms with E-state index in [-0.39, 0.29) is 0 Å². The zero-order chi connectivity index (χ0) is 12.1. The summed E-state index contributed by atoms with van der Waals surface area (Å²) in [5.41, 5.74) is 1.73. The second-order valence-electron chi connectivity index (χ2n) is 3.50. The highest BCUT2D eigenvalue weighted by atomic mass is 16.5. The van der Waals surface area contributed by atoms with Crippen LogP contribution in [0.15, 0.2) is 18.3 Å². The van der Waals surface area contributed by atoms with Crippen LogP contribution in [0.4, 0.5) is 0 Å². The molecule has 0 radical (unpaired) electrons. The van der Waals surface area contributed by atoms with E-state index in [0.717, 1.165) is 18.8 Å². The van der Waals surface area contributed by atoms with Crippen molar-refractivity contribution in [3.05, 3.63) is 24.0 Å². The molecule has 0 saturated heterocycles. The first-order valence-electron chi connectivity index (χ1n) is 5.46. The molecule has 17 heavy (non-hydrogen) atoms. The molecule has 90 valence electrons. The number of imidazole rings is 1. The largest absolute Gasteiger partial charge is 0.480 e. The lowest BCUT2D eigenvalue weighted by Gasteiger charge is -1.99. The summed E-state index contributed by atoms with van der Waals surface area (Å²) in [7, 11) is 1.56. The van der Waals surface area contributed by atoms with Gasteiger partial charge in [-0.05, 0) is 12.6 Å². The highest BCUT2D eigenvalue weighted by Gasteiger charge is 2.05. The Balaban J connectivity index is 2.12. The molecule has 2 N–H and O–H groups in total. The van der Waals surface area contributed by atoms with Gasteiger partial charge in [0.25, 0.3) is 0 Å². The van der Waals surface area contributed by atoms with Gasteiger partial charge in [0.1, 0.15) is 5.69 Å². The third-order valence-electron chi connectivity index (χ3n) is 2.29. The molecule has 0 aliphatic rings. The van der Waals surface area contributed by atoms with Gasteiger partial charge in [-0.2, -0.15) is 0 Å². The van der Waals surface area contributed by atoms with E-state index < -0.39 is 0 Å². The molecule has 0 bridgehead atoms. The van der Waals surface area contributed by atoms with Gasteiger partial charge in [0.2, 0.25) is 5.88 Å². The number of aromatic nitrogens is 4. The minimum absolute atomic E-state index is 0.494. The molecule has 0 aliphatic heterocycles. The summed E-state index contributed by atoms with van der Waals surface area (Å²) in [4.78, 5) is 7.44. The quantitative estimate of drug-likeness (QED) is 0.805. The fraction of sp³-hybridized carbons (Fsp3) is 0.364. The summed E-state index contributed by atoms with van der Waals surface area (Å²) in [6, 6.07) is 3.58. The average molecular weight is 233 g/mol. The zero-order valence-electron chi connectivity index (χ0n) is 9.90. The van der Waals surface area contributed by atoms with Crippen molar-refractivity contribution in [3.8, 4) is 17.4 Å². The van der Waals surface area contributed by atoms with Crippen molar-refractivity contribution in [1.82, 2.24) is 25.5 Å².